The summed E-state index contributed by atoms with van der Waals surface area (Å²) in [5.41, 5.74) is 7.67. The lowest BCUT2D eigenvalue weighted by Gasteiger charge is -2.23. The highest BCUT2D eigenvalue weighted by Crippen LogP contribution is 2.21. The standard InChI is InChI=1S/C11H22N4O2/c1-8-10(5-12)11(15(3)13-8)14(2)6-9(16)7-17-4/h9,16H,5-7,12H2,1-4H3. The maximum atomic E-state index is 9.71. The van der Waals surface area contributed by atoms with Crippen molar-refractivity contribution in [2.24, 2.45) is 12.8 Å². The summed E-state index contributed by atoms with van der Waals surface area (Å²) in [7, 11) is 5.36. The number of aliphatic hydroxyl groups is 1. The Hall–Kier alpha value is -1.11. The molecule has 98 valence electrons. The summed E-state index contributed by atoms with van der Waals surface area (Å²) >= 11 is 0. The van der Waals surface area contributed by atoms with Crippen LogP contribution in [-0.2, 0) is 18.3 Å². The number of methoxy groups -OCH3 is 1. The van der Waals surface area contributed by atoms with Gasteiger partial charge in [-0.3, -0.25) is 4.68 Å². The highest BCUT2D eigenvalue weighted by molar-refractivity contribution is 5.49. The predicted molar refractivity (Wildman–Crippen MR) is 67.0 cm³/mol. The first kappa shape index (κ1) is 14.0. The number of aryl methyl sites for hydroxylation is 2. The Morgan fingerprint density at radius 3 is 2.76 bits per heavy atom. The molecular formula is C11H22N4O2. The third-order valence-electron chi connectivity index (χ3n) is 2.72. The second-order valence-electron chi connectivity index (χ2n) is 4.20. The Morgan fingerprint density at radius 2 is 2.24 bits per heavy atom. The van der Waals surface area contributed by atoms with Crippen LogP contribution in [0.4, 0.5) is 5.82 Å². The van der Waals surface area contributed by atoms with E-state index in [1.54, 1.807) is 11.8 Å². The summed E-state index contributed by atoms with van der Waals surface area (Å²) in [6, 6.07) is 0. The van der Waals surface area contributed by atoms with Crippen LogP contribution in [-0.4, -0.2) is 48.3 Å². The molecule has 1 heterocycles. The maximum absolute atomic E-state index is 9.71. The zero-order valence-corrected chi connectivity index (χ0v) is 11.0. The molecule has 1 aromatic rings. The fourth-order valence-electron chi connectivity index (χ4n) is 2.05. The Bertz CT molecular complexity index is 365. The van der Waals surface area contributed by atoms with Crippen LogP contribution in [0.3, 0.4) is 0 Å². The van der Waals surface area contributed by atoms with Crippen LogP contribution < -0.4 is 10.6 Å². The van der Waals surface area contributed by atoms with Gasteiger partial charge in [0.15, 0.2) is 0 Å². The number of aromatic nitrogens is 2. The van der Waals surface area contributed by atoms with Gasteiger partial charge in [-0.15, -0.1) is 0 Å². The van der Waals surface area contributed by atoms with Gasteiger partial charge in [-0.1, -0.05) is 0 Å². The van der Waals surface area contributed by atoms with Gasteiger partial charge in [0, 0.05) is 39.9 Å². The number of hydrogen-bond donors (Lipinski definition) is 2. The normalized spacial score (nSPS) is 12.8. The van der Waals surface area contributed by atoms with Crippen molar-refractivity contribution in [2.45, 2.75) is 19.6 Å². The molecule has 0 fully saturated rings. The number of rotatable bonds is 6. The molecule has 0 saturated heterocycles. The average molecular weight is 242 g/mol. The zero-order chi connectivity index (χ0) is 13.0. The minimum Gasteiger partial charge on any atom is -0.389 e. The van der Waals surface area contributed by atoms with E-state index in [1.165, 1.54) is 0 Å². The van der Waals surface area contributed by atoms with Gasteiger partial charge in [-0.05, 0) is 6.92 Å². The molecule has 0 aliphatic carbocycles. The van der Waals surface area contributed by atoms with Crippen molar-refractivity contribution in [1.82, 2.24) is 9.78 Å². The van der Waals surface area contributed by atoms with E-state index in [1.807, 2.05) is 25.9 Å². The second kappa shape index (κ2) is 6.00. The number of anilines is 1. The fraction of sp³-hybridized carbons (Fsp3) is 0.727. The lowest BCUT2D eigenvalue weighted by Crippen LogP contribution is -2.33. The monoisotopic (exact) mass is 242 g/mol. The van der Waals surface area contributed by atoms with Crippen LogP contribution in [0.2, 0.25) is 0 Å². The first-order valence-corrected chi connectivity index (χ1v) is 5.61. The van der Waals surface area contributed by atoms with E-state index in [0.717, 1.165) is 17.1 Å². The molecule has 17 heavy (non-hydrogen) atoms. The Balaban J connectivity index is 2.84. The van der Waals surface area contributed by atoms with Crippen LogP contribution in [0.5, 0.6) is 0 Å². The van der Waals surface area contributed by atoms with Crippen molar-refractivity contribution in [2.75, 3.05) is 32.2 Å². The van der Waals surface area contributed by atoms with Crippen molar-refractivity contribution >= 4 is 5.82 Å². The fourth-order valence-corrected chi connectivity index (χ4v) is 2.05. The van der Waals surface area contributed by atoms with E-state index in [0.29, 0.717) is 19.7 Å². The SMILES string of the molecule is COCC(O)CN(C)c1c(CN)c(C)nn1C. The van der Waals surface area contributed by atoms with Gasteiger partial charge in [0.05, 0.1) is 18.4 Å². The van der Waals surface area contributed by atoms with Crippen LogP contribution in [0.15, 0.2) is 0 Å². The highest BCUT2D eigenvalue weighted by Gasteiger charge is 2.17. The Labute approximate surface area is 102 Å². The van der Waals surface area contributed by atoms with Gasteiger partial charge >= 0.3 is 0 Å². The quantitative estimate of drug-likeness (QED) is 0.712. The van der Waals surface area contributed by atoms with E-state index < -0.39 is 6.10 Å². The van der Waals surface area contributed by atoms with E-state index >= 15 is 0 Å². The minimum absolute atomic E-state index is 0.319. The first-order chi connectivity index (χ1) is 8.01. The largest absolute Gasteiger partial charge is 0.389 e. The summed E-state index contributed by atoms with van der Waals surface area (Å²) in [5, 5.41) is 14.1. The zero-order valence-electron chi connectivity index (χ0n) is 11.0. The average Bonchev–Trinajstić information content (AvgIpc) is 2.52. The third kappa shape index (κ3) is 3.18. The van der Waals surface area contributed by atoms with Gasteiger partial charge in [-0.25, -0.2) is 0 Å². The van der Waals surface area contributed by atoms with Crippen LogP contribution in [0, 0.1) is 6.92 Å². The van der Waals surface area contributed by atoms with Crippen LogP contribution >= 0.6 is 0 Å². The van der Waals surface area contributed by atoms with Crippen molar-refractivity contribution in [3.05, 3.63) is 11.3 Å². The number of ether oxygens (including phenoxy) is 1. The molecule has 0 aliphatic heterocycles. The molecule has 0 radical (unpaired) electrons. The topological polar surface area (TPSA) is 76.5 Å². The highest BCUT2D eigenvalue weighted by atomic mass is 16.5. The molecule has 6 heteroatoms. The molecule has 0 saturated carbocycles. The smallest absolute Gasteiger partial charge is 0.131 e. The summed E-state index contributed by atoms with van der Waals surface area (Å²) in [6.07, 6.45) is -0.522. The summed E-state index contributed by atoms with van der Waals surface area (Å²) in [6.45, 7) is 3.18. The van der Waals surface area contributed by atoms with Crippen molar-refractivity contribution in [1.29, 1.82) is 0 Å². The van der Waals surface area contributed by atoms with Crippen molar-refractivity contribution < 1.29 is 9.84 Å². The molecule has 6 nitrogen and oxygen atoms in total. The van der Waals surface area contributed by atoms with Gasteiger partial charge < -0.3 is 20.5 Å². The third-order valence-corrected chi connectivity index (χ3v) is 2.72. The van der Waals surface area contributed by atoms with Crippen LogP contribution in [0.1, 0.15) is 11.3 Å². The van der Waals surface area contributed by atoms with E-state index in [2.05, 4.69) is 5.10 Å². The predicted octanol–water partition coefficient (Wildman–Crippen LogP) is -0.369. The second-order valence-corrected chi connectivity index (χ2v) is 4.20. The summed E-state index contributed by atoms with van der Waals surface area (Å²) in [4.78, 5) is 1.95. The molecule has 0 aromatic carbocycles. The van der Waals surface area contributed by atoms with Gasteiger partial charge in [0.2, 0.25) is 0 Å². The molecule has 0 amide bonds. The lowest BCUT2D eigenvalue weighted by atomic mass is 10.2. The molecule has 0 spiro atoms. The summed E-state index contributed by atoms with van der Waals surface area (Å²) in [5.74, 6) is 0.945. The number of aliphatic hydroxyl groups excluding tert-OH is 1. The molecular weight excluding hydrogens is 220 g/mol. The molecule has 1 aromatic heterocycles. The number of nitrogens with two attached hydrogens (primary N) is 1. The Morgan fingerprint density at radius 1 is 1.59 bits per heavy atom. The summed E-state index contributed by atoms with van der Waals surface area (Å²) < 4.78 is 6.70. The molecule has 0 aliphatic rings. The molecule has 1 rings (SSSR count). The molecule has 1 unspecified atom stereocenters. The molecule has 0 bridgehead atoms. The minimum atomic E-state index is -0.522. The lowest BCUT2D eigenvalue weighted by molar-refractivity contribution is 0.0693. The van der Waals surface area contributed by atoms with E-state index in [-0.39, 0.29) is 0 Å². The van der Waals surface area contributed by atoms with Crippen molar-refractivity contribution in [3.8, 4) is 0 Å². The van der Waals surface area contributed by atoms with E-state index in [4.69, 9.17) is 10.5 Å². The van der Waals surface area contributed by atoms with Gasteiger partial charge in [0.25, 0.3) is 0 Å². The van der Waals surface area contributed by atoms with Crippen LogP contribution in [0.25, 0.3) is 0 Å². The number of nitrogens with zero attached hydrogens (tertiary/aromatic N) is 3. The molecule has 1 atom stereocenters. The first-order valence-electron chi connectivity index (χ1n) is 5.61. The van der Waals surface area contributed by atoms with Crippen molar-refractivity contribution in [3.63, 3.8) is 0 Å². The van der Waals surface area contributed by atoms with Gasteiger partial charge in [-0.2, -0.15) is 5.10 Å². The maximum Gasteiger partial charge on any atom is 0.131 e. The number of likely N-dealkylation sites (N-methyl/N-ethyl adjacent to an activating group) is 1. The number of hydrogen-bond acceptors (Lipinski definition) is 5. The molecule has 3 N–H and O–H groups in total. The Kier molecular flexibility index (Phi) is 4.92. The van der Waals surface area contributed by atoms with Gasteiger partial charge in [0.1, 0.15) is 5.82 Å². The van der Waals surface area contributed by atoms with E-state index in [9.17, 15) is 5.11 Å².